The van der Waals surface area contributed by atoms with Gasteiger partial charge in [-0.2, -0.15) is 0 Å². The van der Waals surface area contributed by atoms with Crippen LogP contribution in [-0.4, -0.2) is 0 Å². The summed E-state index contributed by atoms with van der Waals surface area (Å²) in [4.78, 5) is 0. The van der Waals surface area contributed by atoms with Crippen LogP contribution in [0.1, 0.15) is 74.9 Å². The molecule has 0 aliphatic heterocycles. The summed E-state index contributed by atoms with van der Waals surface area (Å²) in [7, 11) is 0. The van der Waals surface area contributed by atoms with Gasteiger partial charge in [0.15, 0.2) is 0 Å². The minimum atomic E-state index is -0.137. The Bertz CT molecular complexity index is 9430. The standard InChI is InChI=1S/C49H34.2C45H32/c1-49(2)46-29-40(38-18-16-32-10-4-6-12-34(32)26-38)23-24-44(46)48-43-14-8-7-13-42(43)45(30-47(48)49)41-22-21-37-27-36(19-20-39(37)28-41)35-17-15-31-9-3-5-11-33(31)25-35;1-45(2)43-27-39(37-14-12-30-8-4-6-10-32(30)24-37)19-21-41(43)42-22-20-40(28-44(42)45)38-18-17-35-25-34(15-16-36(35)26-38)33-13-11-29-7-3-5-9-31(29)23-33;1-45(2)43-14-8-7-13-40(43)41-22-21-35(28-44(41)45)38-26-36-11-5-6-12-39(36)42(27-38)37-20-19-33-24-32(17-18-34(33)25-37)31-16-15-29-9-3-4-10-30(29)23-31/h3-30H,1-2H3;2*3-28H,1-2H3. The third-order valence-electron chi connectivity index (χ3n) is 31.0. The molecule has 0 N–H and O–H groups in total. The highest BCUT2D eigenvalue weighted by Crippen LogP contribution is 2.57. The maximum absolute atomic E-state index is 2.48. The zero-order valence-electron chi connectivity index (χ0n) is 78.7. The van der Waals surface area contributed by atoms with E-state index in [0.717, 1.165) is 0 Å². The predicted octanol–water partition coefficient (Wildman–Crippen LogP) is 38.5. The van der Waals surface area contributed by atoms with Crippen molar-refractivity contribution in [2.45, 2.75) is 57.8 Å². The van der Waals surface area contributed by atoms with Gasteiger partial charge < -0.3 is 0 Å². The van der Waals surface area contributed by atoms with Gasteiger partial charge in [0, 0.05) is 16.2 Å². The fourth-order valence-electron chi connectivity index (χ4n) is 23.3. The molecule has 654 valence electrons. The molecule has 0 nitrogen and oxygen atoms in total. The SMILES string of the molecule is CC1(C)c2cc(-c3ccc4ccccc4c3)ccc2-c2c1cc(-c1ccc3cc(-c4ccc5ccccc5c4)ccc3c1)c1ccccc21.CC1(C)c2cc(-c3ccc4ccccc4c3)ccc2-c2ccc(-c3ccc4cc(-c5ccc6ccccc6c5)ccc4c3)cc21.CC1(C)c2ccccc2-c2ccc(-c3cc(-c4ccc5cc(-c6ccc7ccccc7c6)ccc5c4)c4ccccc4c3)cc21. The molecule has 25 aromatic rings. The third kappa shape index (κ3) is 14.3. The Kier molecular flexibility index (Phi) is 19.5. The van der Waals surface area contributed by atoms with Crippen LogP contribution in [0.2, 0.25) is 0 Å². The lowest BCUT2D eigenvalue weighted by Crippen LogP contribution is -2.15. The smallest absolute Gasteiger partial charge is 0.0159 e. The summed E-state index contributed by atoms with van der Waals surface area (Å²) in [6.07, 6.45) is 0. The number of rotatable bonds is 9. The summed E-state index contributed by atoms with van der Waals surface area (Å²) in [5.74, 6) is 0. The molecule has 0 saturated carbocycles. The summed E-state index contributed by atoms with van der Waals surface area (Å²) in [6, 6.07) is 180. The zero-order valence-corrected chi connectivity index (χ0v) is 78.7. The van der Waals surface area contributed by atoms with E-state index in [9.17, 15) is 0 Å². The van der Waals surface area contributed by atoms with Gasteiger partial charge in [0.25, 0.3) is 0 Å². The van der Waals surface area contributed by atoms with Gasteiger partial charge in [-0.05, 0) is 384 Å². The van der Waals surface area contributed by atoms with Crippen molar-refractivity contribution in [1.82, 2.24) is 0 Å². The van der Waals surface area contributed by atoms with E-state index in [1.165, 1.54) is 275 Å². The molecule has 0 spiro atoms. The van der Waals surface area contributed by atoms with Crippen molar-refractivity contribution in [3.63, 3.8) is 0 Å². The molecule has 28 rings (SSSR count). The van der Waals surface area contributed by atoms with E-state index >= 15 is 0 Å². The van der Waals surface area contributed by atoms with Crippen LogP contribution in [0.4, 0.5) is 0 Å². The van der Waals surface area contributed by atoms with Crippen LogP contribution in [0, 0.1) is 0 Å². The van der Waals surface area contributed by atoms with Gasteiger partial charge in [0.2, 0.25) is 0 Å². The first-order valence-corrected chi connectivity index (χ1v) is 48.9. The normalized spacial score (nSPS) is 13.3. The van der Waals surface area contributed by atoms with Crippen LogP contribution in [0.25, 0.3) is 241 Å². The van der Waals surface area contributed by atoms with Gasteiger partial charge in [-0.15, -0.1) is 0 Å². The summed E-state index contributed by atoms with van der Waals surface area (Å²) in [5, 5.41) is 25.5. The highest BCUT2D eigenvalue weighted by molar-refractivity contribution is 6.11. The number of hydrogen-bond acceptors (Lipinski definition) is 0. The molecule has 3 aliphatic rings. The molecule has 0 amide bonds. The topological polar surface area (TPSA) is 0 Å². The summed E-state index contributed by atoms with van der Waals surface area (Å²) in [5.41, 5.74) is 39.0. The van der Waals surface area contributed by atoms with E-state index in [-0.39, 0.29) is 16.2 Å². The number of benzene rings is 25. The highest BCUT2D eigenvalue weighted by atomic mass is 14.4. The first-order chi connectivity index (χ1) is 68.0. The molecule has 0 bridgehead atoms. The largest absolute Gasteiger partial charge is 0.0619 e. The lowest BCUT2D eigenvalue weighted by atomic mass is 9.80. The molecule has 3 aliphatic carbocycles. The van der Waals surface area contributed by atoms with E-state index in [2.05, 4.69) is 527 Å². The van der Waals surface area contributed by atoms with Gasteiger partial charge in [-0.25, -0.2) is 0 Å². The predicted molar refractivity (Wildman–Crippen MR) is 596 cm³/mol. The lowest BCUT2D eigenvalue weighted by molar-refractivity contribution is 0.660. The average molecular weight is 1770 g/mol. The lowest BCUT2D eigenvalue weighted by Gasteiger charge is -2.23. The Balaban J connectivity index is 0.000000108. The van der Waals surface area contributed by atoms with Crippen LogP contribution in [0.15, 0.2) is 485 Å². The summed E-state index contributed by atoms with van der Waals surface area (Å²) >= 11 is 0. The van der Waals surface area contributed by atoms with Gasteiger partial charge >= 0.3 is 0 Å². The molecule has 0 radical (unpaired) electrons. The van der Waals surface area contributed by atoms with E-state index in [4.69, 9.17) is 0 Å². The molecular formula is C139H98. The Morgan fingerprint density at radius 2 is 0.317 bits per heavy atom. The van der Waals surface area contributed by atoms with Crippen molar-refractivity contribution in [3.8, 4) is 134 Å². The Labute approximate surface area is 811 Å². The first kappa shape index (κ1) is 82.8. The first-order valence-electron chi connectivity index (χ1n) is 48.9. The molecule has 139 heavy (non-hydrogen) atoms. The van der Waals surface area contributed by atoms with Crippen LogP contribution in [0.3, 0.4) is 0 Å². The Morgan fingerprint density at radius 3 is 0.676 bits per heavy atom. The van der Waals surface area contributed by atoms with Crippen molar-refractivity contribution >= 4 is 108 Å². The summed E-state index contributed by atoms with van der Waals surface area (Å²) < 4.78 is 0. The van der Waals surface area contributed by atoms with Crippen LogP contribution in [-0.2, 0) is 16.2 Å². The molecule has 0 unspecified atom stereocenters. The van der Waals surface area contributed by atoms with Crippen LogP contribution < -0.4 is 0 Å². The van der Waals surface area contributed by atoms with Crippen molar-refractivity contribution < 1.29 is 0 Å². The fraction of sp³-hybridized carbons (Fsp3) is 0.0647. The van der Waals surface area contributed by atoms with Crippen molar-refractivity contribution in [1.29, 1.82) is 0 Å². The monoisotopic (exact) mass is 1770 g/mol. The molecule has 0 atom stereocenters. The van der Waals surface area contributed by atoms with Gasteiger partial charge in [-0.3, -0.25) is 0 Å². The van der Waals surface area contributed by atoms with Crippen molar-refractivity contribution in [2.24, 2.45) is 0 Å². The average Bonchev–Trinajstić information content (AvgIpc) is 1.55. The van der Waals surface area contributed by atoms with Crippen LogP contribution in [0.5, 0.6) is 0 Å². The molecule has 0 saturated heterocycles. The molecule has 0 aromatic heterocycles. The Hall–Kier alpha value is -16.9. The van der Waals surface area contributed by atoms with Gasteiger partial charge in [0.05, 0.1) is 0 Å². The second kappa shape index (κ2) is 32.7. The molecule has 0 heterocycles. The van der Waals surface area contributed by atoms with Gasteiger partial charge in [0.1, 0.15) is 0 Å². The molecule has 0 fully saturated rings. The number of fused-ring (bicyclic) bond motifs is 20. The second-order valence-corrected chi connectivity index (χ2v) is 40.2. The summed E-state index contributed by atoms with van der Waals surface area (Å²) in [6.45, 7) is 14.3. The fourth-order valence-corrected chi connectivity index (χ4v) is 23.3. The third-order valence-corrected chi connectivity index (χ3v) is 31.0. The van der Waals surface area contributed by atoms with E-state index < -0.39 is 0 Å². The van der Waals surface area contributed by atoms with Gasteiger partial charge in [-0.1, -0.05) is 418 Å². The van der Waals surface area contributed by atoms with Crippen LogP contribution >= 0.6 is 0 Å². The Morgan fingerprint density at radius 1 is 0.108 bits per heavy atom. The minimum Gasteiger partial charge on any atom is -0.0619 e. The molecular weight excluding hydrogens is 1670 g/mol. The maximum Gasteiger partial charge on any atom is 0.0159 e. The number of hydrogen-bond donors (Lipinski definition) is 0. The second-order valence-electron chi connectivity index (χ2n) is 40.2. The minimum absolute atomic E-state index is 0.0222. The van der Waals surface area contributed by atoms with E-state index in [1.54, 1.807) is 0 Å². The van der Waals surface area contributed by atoms with Crippen molar-refractivity contribution in [2.75, 3.05) is 0 Å². The highest BCUT2D eigenvalue weighted by Gasteiger charge is 2.40. The maximum atomic E-state index is 2.48. The quantitative estimate of drug-likeness (QED) is 0.135. The molecule has 0 heteroatoms. The van der Waals surface area contributed by atoms with Crippen molar-refractivity contribution in [3.05, 3.63) is 519 Å². The zero-order chi connectivity index (χ0) is 92.9. The van der Waals surface area contributed by atoms with E-state index in [0.29, 0.717) is 0 Å². The van der Waals surface area contributed by atoms with E-state index in [1.807, 2.05) is 0 Å². The molecule has 25 aromatic carbocycles.